The van der Waals surface area contributed by atoms with Gasteiger partial charge in [-0.1, -0.05) is 29.8 Å². The fraction of sp³-hybridized carbons (Fsp3) is 0.476. The van der Waals surface area contributed by atoms with Gasteiger partial charge in [0.15, 0.2) is 0 Å². The van der Waals surface area contributed by atoms with Gasteiger partial charge in [0.05, 0.1) is 12.6 Å². The van der Waals surface area contributed by atoms with E-state index in [2.05, 4.69) is 47.1 Å². The van der Waals surface area contributed by atoms with E-state index >= 15 is 0 Å². The van der Waals surface area contributed by atoms with Crippen molar-refractivity contribution in [1.29, 1.82) is 0 Å². The molecule has 0 radical (unpaired) electrons. The lowest BCUT2D eigenvalue weighted by atomic mass is 9.80. The third-order valence-electron chi connectivity index (χ3n) is 5.83. The van der Waals surface area contributed by atoms with Gasteiger partial charge in [0.1, 0.15) is 0 Å². The lowest BCUT2D eigenvalue weighted by molar-refractivity contribution is -0.141. The van der Waals surface area contributed by atoms with Crippen molar-refractivity contribution in [2.45, 2.75) is 39.2 Å². The summed E-state index contributed by atoms with van der Waals surface area (Å²) in [6, 6.07) is 9.09. The molecule has 25 heavy (non-hydrogen) atoms. The third kappa shape index (κ3) is 2.99. The summed E-state index contributed by atoms with van der Waals surface area (Å²) >= 11 is 0. The van der Waals surface area contributed by atoms with Gasteiger partial charge in [-0.25, -0.2) is 0 Å². The molecule has 0 bridgehead atoms. The number of benzene rings is 1. The van der Waals surface area contributed by atoms with Crippen LogP contribution in [0.3, 0.4) is 0 Å². The number of H-pyrrole nitrogens is 1. The number of ether oxygens (including phenoxy) is 1. The van der Waals surface area contributed by atoms with Crippen molar-refractivity contribution >= 4 is 16.9 Å². The molecule has 0 amide bonds. The molecule has 1 fully saturated rings. The van der Waals surface area contributed by atoms with E-state index in [1.165, 1.54) is 34.7 Å². The number of fused-ring (bicyclic) bond motifs is 5. The Hall–Kier alpha value is -2.07. The molecular weight excluding hydrogens is 312 g/mol. The Morgan fingerprint density at radius 1 is 1.40 bits per heavy atom. The van der Waals surface area contributed by atoms with Gasteiger partial charge in [0.25, 0.3) is 0 Å². The van der Waals surface area contributed by atoms with Gasteiger partial charge < -0.3 is 9.72 Å². The van der Waals surface area contributed by atoms with Crippen LogP contribution in [0.2, 0.25) is 0 Å². The molecule has 0 aliphatic carbocycles. The van der Waals surface area contributed by atoms with Crippen molar-refractivity contribution in [2.75, 3.05) is 19.7 Å². The zero-order valence-electron chi connectivity index (χ0n) is 15.0. The average molecular weight is 338 g/mol. The van der Waals surface area contributed by atoms with Gasteiger partial charge in [-0.05, 0) is 43.7 Å². The van der Waals surface area contributed by atoms with Crippen LogP contribution in [0.15, 0.2) is 35.9 Å². The van der Waals surface area contributed by atoms with Crippen molar-refractivity contribution in [1.82, 2.24) is 9.88 Å². The van der Waals surface area contributed by atoms with Crippen LogP contribution < -0.4 is 0 Å². The van der Waals surface area contributed by atoms with E-state index in [1.807, 2.05) is 0 Å². The Kier molecular flexibility index (Phi) is 4.38. The summed E-state index contributed by atoms with van der Waals surface area (Å²) in [4.78, 5) is 17.4. The Morgan fingerprint density at radius 2 is 2.24 bits per heavy atom. The number of aromatic amines is 1. The molecular formula is C21H26N2O2. The van der Waals surface area contributed by atoms with E-state index in [0.717, 1.165) is 32.4 Å². The Bertz CT molecular complexity index is 820. The van der Waals surface area contributed by atoms with Crippen molar-refractivity contribution in [2.24, 2.45) is 5.92 Å². The number of carbonyl (C=O) groups excluding carboxylic acids is 1. The van der Waals surface area contributed by atoms with E-state index in [1.54, 1.807) is 0 Å². The molecule has 2 aromatic rings. The largest absolute Gasteiger partial charge is 0.466 e. The minimum Gasteiger partial charge on any atom is -0.466 e. The number of aromatic nitrogens is 1. The summed E-state index contributed by atoms with van der Waals surface area (Å²) in [5, 5.41) is 1.38. The molecule has 0 spiro atoms. The summed E-state index contributed by atoms with van der Waals surface area (Å²) in [6.07, 6.45) is 5.39. The first-order valence-electron chi connectivity index (χ1n) is 9.29. The van der Waals surface area contributed by atoms with Crippen LogP contribution in [-0.2, 0) is 16.0 Å². The molecule has 1 aromatic heterocycles. The number of carbonyl (C=O) groups is 1. The normalized spacial score (nSPS) is 25.0. The average Bonchev–Trinajstić information content (AvgIpc) is 3.00. The van der Waals surface area contributed by atoms with Crippen LogP contribution in [0.5, 0.6) is 0 Å². The van der Waals surface area contributed by atoms with E-state index in [-0.39, 0.29) is 5.97 Å². The molecule has 2 aliphatic rings. The molecule has 2 aliphatic heterocycles. The van der Waals surface area contributed by atoms with Crippen LogP contribution in [-0.4, -0.2) is 35.5 Å². The molecule has 0 saturated carbocycles. The standard InChI is InChI=1S/C21H26N2O2/c1-3-15-13-23-10-8-18-17-6-4-5-7-19(17)22-21(18)20(23)12-16(15)9-11-25-14(2)24/h3-7,16,20,22H,8-13H2,1-2H3/b15-3-/t16-,20-/m0/s1. The second kappa shape index (κ2) is 6.68. The van der Waals surface area contributed by atoms with Gasteiger partial charge in [-0.3, -0.25) is 9.69 Å². The Morgan fingerprint density at radius 3 is 3.04 bits per heavy atom. The number of esters is 1. The Balaban J connectivity index is 1.61. The summed E-state index contributed by atoms with van der Waals surface area (Å²) < 4.78 is 5.20. The van der Waals surface area contributed by atoms with Crippen LogP contribution in [0.1, 0.15) is 44.0 Å². The maximum Gasteiger partial charge on any atom is 0.302 e. The summed E-state index contributed by atoms with van der Waals surface area (Å²) in [7, 11) is 0. The molecule has 4 nitrogen and oxygen atoms in total. The molecule has 1 aromatic carbocycles. The van der Waals surface area contributed by atoms with Crippen molar-refractivity contribution in [3.05, 3.63) is 47.2 Å². The second-order valence-electron chi connectivity index (χ2n) is 7.22. The predicted molar refractivity (Wildman–Crippen MR) is 99.4 cm³/mol. The molecule has 1 N–H and O–H groups in total. The number of nitrogens with one attached hydrogen (secondary N) is 1. The molecule has 4 heteroatoms. The fourth-order valence-corrected chi connectivity index (χ4v) is 4.58. The van der Waals surface area contributed by atoms with Gasteiger partial charge in [0, 0.05) is 36.6 Å². The number of nitrogens with zero attached hydrogens (tertiary/aromatic N) is 1. The maximum atomic E-state index is 11.1. The quantitative estimate of drug-likeness (QED) is 0.680. The van der Waals surface area contributed by atoms with Crippen LogP contribution in [0, 0.1) is 5.92 Å². The van der Waals surface area contributed by atoms with Crippen molar-refractivity contribution in [3.8, 4) is 0 Å². The van der Waals surface area contributed by atoms with Gasteiger partial charge in [-0.15, -0.1) is 0 Å². The monoisotopic (exact) mass is 338 g/mol. The van der Waals surface area contributed by atoms with Gasteiger partial charge in [0.2, 0.25) is 0 Å². The number of para-hydroxylation sites is 1. The maximum absolute atomic E-state index is 11.1. The molecule has 3 heterocycles. The number of hydrogen-bond donors (Lipinski definition) is 1. The first-order chi connectivity index (χ1) is 12.2. The number of allylic oxidation sites excluding steroid dienone is 1. The highest BCUT2D eigenvalue weighted by molar-refractivity contribution is 5.85. The lowest BCUT2D eigenvalue weighted by Crippen LogP contribution is -2.42. The van der Waals surface area contributed by atoms with E-state index < -0.39 is 0 Å². The summed E-state index contributed by atoms with van der Waals surface area (Å²) in [5.74, 6) is 0.304. The van der Waals surface area contributed by atoms with Gasteiger partial charge in [-0.2, -0.15) is 0 Å². The molecule has 132 valence electrons. The van der Waals surface area contributed by atoms with Crippen molar-refractivity contribution < 1.29 is 9.53 Å². The van der Waals surface area contributed by atoms with E-state index in [4.69, 9.17) is 4.74 Å². The fourth-order valence-electron chi connectivity index (χ4n) is 4.58. The SMILES string of the molecule is C/C=C1/CN2CCc3c([nH]c4ccccc34)[C@@H]2C[C@@H]1CCOC(C)=O. The predicted octanol–water partition coefficient (Wildman–Crippen LogP) is 3.99. The lowest BCUT2D eigenvalue weighted by Gasteiger charge is -2.43. The number of rotatable bonds is 3. The first-order valence-corrected chi connectivity index (χ1v) is 9.29. The zero-order chi connectivity index (χ0) is 17.4. The van der Waals surface area contributed by atoms with Crippen LogP contribution in [0.25, 0.3) is 10.9 Å². The summed E-state index contributed by atoms with van der Waals surface area (Å²) in [5.41, 5.74) is 5.64. The van der Waals surface area contributed by atoms with E-state index in [9.17, 15) is 4.79 Å². The first kappa shape index (κ1) is 16.4. The van der Waals surface area contributed by atoms with Crippen molar-refractivity contribution in [3.63, 3.8) is 0 Å². The molecule has 1 saturated heterocycles. The third-order valence-corrected chi connectivity index (χ3v) is 5.83. The topological polar surface area (TPSA) is 45.3 Å². The minimum atomic E-state index is -0.185. The highest BCUT2D eigenvalue weighted by Gasteiger charge is 2.37. The van der Waals surface area contributed by atoms with Crippen LogP contribution >= 0.6 is 0 Å². The van der Waals surface area contributed by atoms with Gasteiger partial charge >= 0.3 is 5.97 Å². The smallest absolute Gasteiger partial charge is 0.302 e. The molecule has 2 atom stereocenters. The number of piperidine rings is 1. The number of hydrogen-bond acceptors (Lipinski definition) is 3. The Labute approximate surface area is 148 Å². The second-order valence-corrected chi connectivity index (χ2v) is 7.22. The minimum absolute atomic E-state index is 0.185. The molecule has 0 unspecified atom stereocenters. The zero-order valence-corrected chi connectivity index (χ0v) is 15.0. The van der Waals surface area contributed by atoms with E-state index in [0.29, 0.717) is 18.6 Å². The summed E-state index contributed by atoms with van der Waals surface area (Å²) in [6.45, 7) is 6.28. The molecule has 4 rings (SSSR count). The van der Waals surface area contributed by atoms with Crippen LogP contribution in [0.4, 0.5) is 0 Å². The highest BCUT2D eigenvalue weighted by atomic mass is 16.5. The highest BCUT2D eigenvalue weighted by Crippen LogP contribution is 2.43.